The van der Waals surface area contributed by atoms with Gasteiger partial charge in [-0.1, -0.05) is 17.7 Å². The van der Waals surface area contributed by atoms with Crippen LogP contribution in [0.2, 0.25) is 0 Å². The molecule has 1 aromatic rings. The van der Waals surface area contributed by atoms with Gasteiger partial charge >= 0.3 is 11.9 Å². The van der Waals surface area contributed by atoms with Gasteiger partial charge in [-0.2, -0.15) is 4.31 Å². The summed E-state index contributed by atoms with van der Waals surface area (Å²) < 4.78 is 37.5. The summed E-state index contributed by atoms with van der Waals surface area (Å²) >= 11 is 0. The van der Waals surface area contributed by atoms with E-state index in [9.17, 15) is 18.0 Å². The highest BCUT2D eigenvalue weighted by atomic mass is 32.2. The van der Waals surface area contributed by atoms with E-state index in [1.54, 1.807) is 27.7 Å². The molecule has 0 spiro atoms. The van der Waals surface area contributed by atoms with Crippen molar-refractivity contribution in [2.75, 3.05) is 13.2 Å². The second kappa shape index (κ2) is 8.39. The first-order chi connectivity index (χ1) is 12.5. The molecule has 150 valence electrons. The number of carbonyl (C=O) groups excluding carboxylic acids is 2. The van der Waals surface area contributed by atoms with Crippen LogP contribution in [0, 0.1) is 20.8 Å². The molecule has 0 amide bonds. The van der Waals surface area contributed by atoms with Gasteiger partial charge in [0.1, 0.15) is 6.04 Å². The third kappa shape index (κ3) is 4.87. The van der Waals surface area contributed by atoms with Crippen molar-refractivity contribution in [3.8, 4) is 0 Å². The van der Waals surface area contributed by atoms with Crippen molar-refractivity contribution in [3.05, 3.63) is 28.8 Å². The molecule has 0 aliphatic carbocycles. The maximum absolute atomic E-state index is 13.2. The summed E-state index contributed by atoms with van der Waals surface area (Å²) in [4.78, 5) is 24.2. The van der Waals surface area contributed by atoms with Crippen LogP contribution in [0.5, 0.6) is 0 Å². The summed E-state index contributed by atoms with van der Waals surface area (Å²) in [5, 5.41) is 0. The molecule has 0 N–H and O–H groups in total. The van der Waals surface area contributed by atoms with Crippen molar-refractivity contribution in [1.29, 1.82) is 0 Å². The molecule has 2 rings (SSSR count). The molecule has 1 heterocycles. The van der Waals surface area contributed by atoms with Gasteiger partial charge in [0.05, 0.1) is 11.0 Å². The largest absolute Gasteiger partial charge is 0.460 e. The summed E-state index contributed by atoms with van der Waals surface area (Å²) in [5.41, 5.74) is 2.27. The molecule has 8 heteroatoms. The van der Waals surface area contributed by atoms with E-state index in [2.05, 4.69) is 0 Å². The average Bonchev–Trinajstić information content (AvgIpc) is 3.01. The van der Waals surface area contributed by atoms with Crippen LogP contribution >= 0.6 is 0 Å². The molecule has 0 saturated carbocycles. The van der Waals surface area contributed by atoms with Gasteiger partial charge in [-0.25, -0.2) is 13.2 Å². The Labute approximate surface area is 160 Å². The quantitative estimate of drug-likeness (QED) is 0.684. The van der Waals surface area contributed by atoms with Crippen LogP contribution in [-0.2, 0) is 29.1 Å². The summed E-state index contributed by atoms with van der Waals surface area (Å²) in [6.07, 6.45) is 0.604. The fraction of sp³-hybridized carbons (Fsp3) is 0.579. The van der Waals surface area contributed by atoms with Gasteiger partial charge in [0.25, 0.3) is 0 Å². The van der Waals surface area contributed by atoms with Gasteiger partial charge in [0.15, 0.2) is 6.61 Å². The Hall–Kier alpha value is -1.93. The van der Waals surface area contributed by atoms with Crippen LogP contribution in [-0.4, -0.2) is 50.0 Å². The van der Waals surface area contributed by atoms with E-state index < -0.39 is 34.6 Å². The Balaban J connectivity index is 2.20. The first-order valence-electron chi connectivity index (χ1n) is 9.00. The predicted octanol–water partition coefficient (Wildman–Crippen LogP) is 2.26. The summed E-state index contributed by atoms with van der Waals surface area (Å²) in [5.74, 6) is -1.38. The molecule has 1 aromatic carbocycles. The molecule has 7 nitrogen and oxygen atoms in total. The third-order valence-corrected chi connectivity index (χ3v) is 6.56. The Bertz CT molecular complexity index is 808. The molecule has 1 atom stereocenters. The predicted molar refractivity (Wildman–Crippen MR) is 99.8 cm³/mol. The lowest BCUT2D eigenvalue weighted by Crippen LogP contribution is -2.42. The van der Waals surface area contributed by atoms with Crippen molar-refractivity contribution < 1.29 is 27.5 Å². The van der Waals surface area contributed by atoms with E-state index >= 15 is 0 Å². The number of ether oxygens (including phenoxy) is 2. The molecule has 1 fully saturated rings. The van der Waals surface area contributed by atoms with Crippen LogP contribution in [0.1, 0.15) is 43.4 Å². The average molecular weight is 397 g/mol. The van der Waals surface area contributed by atoms with Gasteiger partial charge in [-0.05, 0) is 58.6 Å². The molecule has 1 unspecified atom stereocenters. The van der Waals surface area contributed by atoms with Gasteiger partial charge < -0.3 is 9.47 Å². The minimum Gasteiger partial charge on any atom is -0.460 e. The van der Waals surface area contributed by atoms with Gasteiger partial charge in [-0.3, -0.25) is 4.79 Å². The van der Waals surface area contributed by atoms with Gasteiger partial charge in [0, 0.05) is 6.54 Å². The number of hydrogen-bond donors (Lipinski definition) is 0. The van der Waals surface area contributed by atoms with Gasteiger partial charge in [-0.15, -0.1) is 0 Å². The zero-order chi connectivity index (χ0) is 20.4. The number of hydrogen-bond acceptors (Lipinski definition) is 6. The molecule has 27 heavy (non-hydrogen) atoms. The Morgan fingerprint density at radius 1 is 1.19 bits per heavy atom. The highest BCUT2D eigenvalue weighted by molar-refractivity contribution is 7.89. The lowest BCUT2D eigenvalue weighted by molar-refractivity contribution is -0.162. The fourth-order valence-electron chi connectivity index (χ4n) is 3.48. The summed E-state index contributed by atoms with van der Waals surface area (Å²) in [6, 6.07) is 2.69. The zero-order valence-corrected chi connectivity index (χ0v) is 17.3. The molecule has 1 aliphatic heterocycles. The number of rotatable bonds is 6. The number of carbonyl (C=O) groups is 2. The van der Waals surface area contributed by atoms with Crippen LogP contribution in [0.25, 0.3) is 0 Å². The standard InChI is InChI=1S/C19H27NO6S/c1-12(2)26-17(21)11-25-19(22)16-7-6-8-20(16)27(23,24)18-14(4)9-13(3)10-15(18)5/h9-10,12,16H,6-8,11H2,1-5H3. The van der Waals surface area contributed by atoms with Crippen LogP contribution in [0.4, 0.5) is 0 Å². The highest BCUT2D eigenvalue weighted by Crippen LogP contribution is 2.31. The topological polar surface area (TPSA) is 90.0 Å². The van der Waals surface area contributed by atoms with Gasteiger partial charge in [0.2, 0.25) is 10.0 Å². The maximum Gasteiger partial charge on any atom is 0.344 e. The normalized spacial score (nSPS) is 17.9. The second-order valence-corrected chi connectivity index (χ2v) is 8.98. The van der Waals surface area contributed by atoms with Crippen molar-refractivity contribution in [2.24, 2.45) is 0 Å². The molecule has 1 saturated heterocycles. The van der Waals surface area contributed by atoms with E-state index in [-0.39, 0.29) is 17.5 Å². The van der Waals surface area contributed by atoms with Crippen LogP contribution in [0.15, 0.2) is 17.0 Å². The van der Waals surface area contributed by atoms with E-state index in [4.69, 9.17) is 9.47 Å². The van der Waals surface area contributed by atoms with Crippen LogP contribution in [0.3, 0.4) is 0 Å². The van der Waals surface area contributed by atoms with E-state index in [0.717, 1.165) is 5.56 Å². The fourth-order valence-corrected chi connectivity index (χ4v) is 5.54. The van der Waals surface area contributed by atoms with Crippen molar-refractivity contribution in [1.82, 2.24) is 4.31 Å². The van der Waals surface area contributed by atoms with E-state index in [1.807, 2.05) is 19.1 Å². The molecular weight excluding hydrogens is 370 g/mol. The number of sulfonamides is 1. The highest BCUT2D eigenvalue weighted by Gasteiger charge is 2.41. The number of esters is 2. The van der Waals surface area contributed by atoms with Crippen molar-refractivity contribution in [2.45, 2.75) is 64.5 Å². The monoisotopic (exact) mass is 397 g/mol. The SMILES string of the molecule is Cc1cc(C)c(S(=O)(=O)N2CCCC2C(=O)OCC(=O)OC(C)C)c(C)c1. The lowest BCUT2D eigenvalue weighted by Gasteiger charge is -2.24. The third-order valence-electron chi connectivity index (χ3n) is 4.35. The molecular formula is C19H27NO6S. The first kappa shape index (κ1) is 21.4. The number of benzene rings is 1. The van der Waals surface area contributed by atoms with Crippen molar-refractivity contribution >= 4 is 22.0 Å². The second-order valence-electron chi connectivity index (χ2n) is 7.15. The molecule has 0 bridgehead atoms. The minimum atomic E-state index is -3.85. The zero-order valence-electron chi connectivity index (χ0n) is 16.4. The smallest absolute Gasteiger partial charge is 0.344 e. The minimum absolute atomic E-state index is 0.229. The molecule has 1 aliphatic rings. The Morgan fingerprint density at radius 3 is 2.33 bits per heavy atom. The number of aryl methyl sites for hydroxylation is 3. The van der Waals surface area contributed by atoms with Crippen LogP contribution < -0.4 is 0 Å². The van der Waals surface area contributed by atoms with E-state index in [1.165, 1.54) is 4.31 Å². The lowest BCUT2D eigenvalue weighted by atomic mass is 10.1. The first-order valence-corrected chi connectivity index (χ1v) is 10.4. The summed E-state index contributed by atoms with van der Waals surface area (Å²) in [7, 11) is -3.85. The van der Waals surface area contributed by atoms with E-state index in [0.29, 0.717) is 24.0 Å². The van der Waals surface area contributed by atoms with Crippen molar-refractivity contribution in [3.63, 3.8) is 0 Å². The maximum atomic E-state index is 13.2. The molecule has 0 radical (unpaired) electrons. The Morgan fingerprint density at radius 2 is 1.78 bits per heavy atom. The summed E-state index contributed by atoms with van der Waals surface area (Å²) in [6.45, 7) is 8.50. The Kier molecular flexibility index (Phi) is 6.64. The molecule has 0 aromatic heterocycles. The number of nitrogens with zero attached hydrogens (tertiary/aromatic N) is 1.